The van der Waals surface area contributed by atoms with Crippen LogP contribution < -0.4 is 5.32 Å². The molecule has 3 heterocycles. The molecule has 2 atom stereocenters. The molecule has 2 aliphatic heterocycles. The quantitative estimate of drug-likeness (QED) is 0.871. The van der Waals surface area contributed by atoms with Crippen LogP contribution in [0.4, 0.5) is 0 Å². The first-order valence-electron chi connectivity index (χ1n) is 7.39. The minimum absolute atomic E-state index is 0.0380. The molecule has 2 fully saturated rings. The predicted octanol–water partition coefficient (Wildman–Crippen LogP) is 0.416. The van der Waals surface area contributed by atoms with Crippen LogP contribution in [0.15, 0.2) is 23.0 Å². The summed E-state index contributed by atoms with van der Waals surface area (Å²) < 4.78 is 16.4. The summed E-state index contributed by atoms with van der Waals surface area (Å²) in [6.45, 7) is 1.71. The molecule has 0 aliphatic carbocycles. The molecule has 0 aromatic carbocycles. The topological polar surface area (TPSA) is 81.0 Å². The minimum atomic E-state index is -0.341. The van der Waals surface area contributed by atoms with Crippen LogP contribution >= 0.6 is 0 Å². The summed E-state index contributed by atoms with van der Waals surface area (Å²) in [6.07, 6.45) is 4.35. The normalized spacial score (nSPS) is 27.5. The molecule has 1 N–H and O–H groups in total. The Labute approximate surface area is 128 Å². The molecule has 0 bridgehead atoms. The summed E-state index contributed by atoms with van der Waals surface area (Å²) >= 11 is 0. The van der Waals surface area contributed by atoms with Crippen molar-refractivity contribution in [1.29, 1.82) is 0 Å². The molecule has 1 aromatic rings. The summed E-state index contributed by atoms with van der Waals surface area (Å²) in [5.41, 5.74) is 0.217. The van der Waals surface area contributed by atoms with Crippen molar-refractivity contribution in [2.24, 2.45) is 0 Å². The summed E-state index contributed by atoms with van der Waals surface area (Å²) in [6, 6.07) is 1.66. The third-order valence-electron chi connectivity index (χ3n) is 4.28. The molecule has 120 valence electrons. The highest BCUT2D eigenvalue weighted by Gasteiger charge is 2.47. The van der Waals surface area contributed by atoms with Gasteiger partial charge in [0.1, 0.15) is 12.9 Å². The molecule has 7 nitrogen and oxygen atoms in total. The Morgan fingerprint density at radius 2 is 2.41 bits per heavy atom. The Morgan fingerprint density at radius 1 is 1.55 bits per heavy atom. The van der Waals surface area contributed by atoms with Gasteiger partial charge in [0, 0.05) is 20.0 Å². The lowest BCUT2D eigenvalue weighted by atomic mass is 9.98. The lowest BCUT2D eigenvalue weighted by Crippen LogP contribution is -2.36. The van der Waals surface area contributed by atoms with Gasteiger partial charge in [-0.05, 0) is 12.5 Å². The van der Waals surface area contributed by atoms with Crippen LogP contribution in [0, 0.1) is 0 Å². The van der Waals surface area contributed by atoms with Crippen molar-refractivity contribution < 1.29 is 23.5 Å². The van der Waals surface area contributed by atoms with Crippen LogP contribution in [0.5, 0.6) is 0 Å². The number of ether oxygens (including phenoxy) is 2. The van der Waals surface area contributed by atoms with E-state index >= 15 is 0 Å². The van der Waals surface area contributed by atoms with Crippen molar-refractivity contribution in [3.05, 3.63) is 24.2 Å². The average molecular weight is 308 g/mol. The molecule has 1 spiro atoms. The van der Waals surface area contributed by atoms with E-state index in [9.17, 15) is 9.59 Å². The van der Waals surface area contributed by atoms with Gasteiger partial charge in [0.05, 0.1) is 36.7 Å². The number of amides is 2. The highest BCUT2D eigenvalue weighted by Crippen LogP contribution is 2.36. The number of hydrogen-bond acceptors (Lipinski definition) is 5. The lowest BCUT2D eigenvalue weighted by Gasteiger charge is -2.23. The number of nitrogens with zero attached hydrogens (tertiary/aromatic N) is 1. The van der Waals surface area contributed by atoms with Gasteiger partial charge in [-0.3, -0.25) is 9.59 Å². The molecule has 0 radical (unpaired) electrons. The van der Waals surface area contributed by atoms with Gasteiger partial charge in [-0.1, -0.05) is 0 Å². The van der Waals surface area contributed by atoms with E-state index < -0.39 is 0 Å². The molecule has 7 heteroatoms. The van der Waals surface area contributed by atoms with Gasteiger partial charge in [-0.25, -0.2) is 0 Å². The van der Waals surface area contributed by atoms with E-state index in [0.717, 1.165) is 6.42 Å². The zero-order valence-corrected chi connectivity index (χ0v) is 12.5. The highest BCUT2D eigenvalue weighted by molar-refractivity contribution is 5.94. The van der Waals surface area contributed by atoms with E-state index in [-0.39, 0.29) is 30.1 Å². The van der Waals surface area contributed by atoms with Gasteiger partial charge in [0.2, 0.25) is 5.91 Å². The fraction of sp³-hybridized carbons (Fsp3) is 0.600. The van der Waals surface area contributed by atoms with Crippen LogP contribution in [0.2, 0.25) is 0 Å². The van der Waals surface area contributed by atoms with E-state index in [1.165, 1.54) is 12.5 Å². The van der Waals surface area contributed by atoms with Crippen LogP contribution in [-0.4, -0.2) is 61.8 Å². The van der Waals surface area contributed by atoms with Gasteiger partial charge in [-0.15, -0.1) is 0 Å². The van der Waals surface area contributed by atoms with E-state index in [0.29, 0.717) is 31.7 Å². The largest absolute Gasteiger partial charge is 0.472 e. The van der Waals surface area contributed by atoms with Gasteiger partial charge >= 0.3 is 0 Å². The van der Waals surface area contributed by atoms with Gasteiger partial charge in [-0.2, -0.15) is 0 Å². The maximum Gasteiger partial charge on any atom is 0.257 e. The summed E-state index contributed by atoms with van der Waals surface area (Å²) in [4.78, 5) is 25.3. The second-order valence-electron chi connectivity index (χ2n) is 5.79. The van der Waals surface area contributed by atoms with Crippen molar-refractivity contribution in [3.8, 4) is 0 Å². The SMILES string of the molecule is CNC(=O)COC1COC2(CCN(C(=O)c3ccoc3)C2)C1. The number of rotatable bonds is 4. The Kier molecular flexibility index (Phi) is 4.17. The van der Waals surface area contributed by atoms with Crippen LogP contribution in [0.25, 0.3) is 0 Å². The second-order valence-corrected chi connectivity index (χ2v) is 5.79. The molecule has 3 rings (SSSR count). The average Bonchev–Trinajstić information content (AvgIpc) is 3.26. The van der Waals surface area contributed by atoms with E-state index in [2.05, 4.69) is 5.32 Å². The van der Waals surface area contributed by atoms with Crippen molar-refractivity contribution in [2.75, 3.05) is 33.4 Å². The lowest BCUT2D eigenvalue weighted by molar-refractivity contribution is -0.127. The molecule has 0 saturated carbocycles. The number of carbonyl (C=O) groups is 2. The Morgan fingerprint density at radius 3 is 3.14 bits per heavy atom. The number of furan rings is 1. The maximum atomic E-state index is 12.3. The Balaban J connectivity index is 1.54. The molecule has 2 amide bonds. The molecular weight excluding hydrogens is 288 g/mol. The first kappa shape index (κ1) is 15.1. The summed E-state index contributed by atoms with van der Waals surface area (Å²) in [7, 11) is 1.58. The zero-order chi connectivity index (χ0) is 15.6. The standard InChI is InChI=1S/C15H20N2O5/c1-16-13(18)9-21-12-6-15(22-8-12)3-4-17(10-15)14(19)11-2-5-20-7-11/h2,5,7,12H,3-4,6,8-10H2,1H3,(H,16,18). The zero-order valence-electron chi connectivity index (χ0n) is 12.5. The monoisotopic (exact) mass is 308 g/mol. The van der Waals surface area contributed by atoms with Crippen LogP contribution in [-0.2, 0) is 14.3 Å². The summed E-state index contributed by atoms with van der Waals surface area (Å²) in [5, 5.41) is 2.52. The smallest absolute Gasteiger partial charge is 0.257 e. The fourth-order valence-corrected chi connectivity index (χ4v) is 3.05. The number of likely N-dealkylation sites (N-methyl/N-ethyl adjacent to an activating group) is 1. The van der Waals surface area contributed by atoms with Crippen molar-refractivity contribution >= 4 is 11.8 Å². The van der Waals surface area contributed by atoms with Gasteiger partial charge in [0.25, 0.3) is 5.91 Å². The minimum Gasteiger partial charge on any atom is -0.472 e. The molecule has 1 aromatic heterocycles. The first-order valence-corrected chi connectivity index (χ1v) is 7.39. The molecule has 2 unspecified atom stereocenters. The third kappa shape index (κ3) is 3.00. The maximum absolute atomic E-state index is 12.3. The van der Waals surface area contributed by atoms with Gasteiger partial charge in [0.15, 0.2) is 0 Å². The van der Waals surface area contributed by atoms with E-state index in [4.69, 9.17) is 13.9 Å². The van der Waals surface area contributed by atoms with Crippen molar-refractivity contribution in [3.63, 3.8) is 0 Å². The number of nitrogens with one attached hydrogen (secondary N) is 1. The fourth-order valence-electron chi connectivity index (χ4n) is 3.05. The molecule has 2 saturated heterocycles. The van der Waals surface area contributed by atoms with Crippen molar-refractivity contribution in [1.82, 2.24) is 10.2 Å². The predicted molar refractivity (Wildman–Crippen MR) is 76.3 cm³/mol. The Bertz CT molecular complexity index is 544. The second kappa shape index (κ2) is 6.10. The van der Waals surface area contributed by atoms with Crippen molar-refractivity contribution in [2.45, 2.75) is 24.5 Å². The number of hydrogen-bond donors (Lipinski definition) is 1. The van der Waals surface area contributed by atoms with Gasteiger partial charge < -0.3 is 24.1 Å². The third-order valence-corrected chi connectivity index (χ3v) is 4.28. The first-order chi connectivity index (χ1) is 10.6. The highest BCUT2D eigenvalue weighted by atomic mass is 16.6. The van der Waals surface area contributed by atoms with Crippen LogP contribution in [0.1, 0.15) is 23.2 Å². The Hall–Kier alpha value is -1.86. The molecular formula is C15H20N2O5. The molecule has 22 heavy (non-hydrogen) atoms. The number of carbonyl (C=O) groups excluding carboxylic acids is 2. The summed E-state index contributed by atoms with van der Waals surface area (Å²) in [5.74, 6) is -0.187. The van der Waals surface area contributed by atoms with E-state index in [1.54, 1.807) is 18.0 Å². The molecule has 2 aliphatic rings. The van der Waals surface area contributed by atoms with E-state index in [1.807, 2.05) is 0 Å². The van der Waals surface area contributed by atoms with Crippen LogP contribution in [0.3, 0.4) is 0 Å². The number of likely N-dealkylation sites (tertiary alicyclic amines) is 1.